The molecule has 170 valence electrons. The molecule has 32 heavy (non-hydrogen) atoms. The smallest absolute Gasteiger partial charge is 0.416 e. The highest BCUT2D eigenvalue weighted by molar-refractivity contribution is 6.36. The van der Waals surface area contributed by atoms with Gasteiger partial charge in [-0.3, -0.25) is 14.5 Å². The lowest BCUT2D eigenvalue weighted by molar-refractivity contribution is -0.138. The summed E-state index contributed by atoms with van der Waals surface area (Å²) in [6, 6.07) is 11.3. The Balaban J connectivity index is 1.98. The van der Waals surface area contributed by atoms with Gasteiger partial charge in [0.1, 0.15) is 11.4 Å². The molecule has 2 amide bonds. The van der Waals surface area contributed by atoms with Crippen molar-refractivity contribution < 1.29 is 27.5 Å². The van der Waals surface area contributed by atoms with Crippen LogP contribution >= 0.6 is 0 Å². The molecule has 0 fully saturated rings. The van der Waals surface area contributed by atoms with Crippen molar-refractivity contribution in [3.8, 4) is 5.75 Å². The molecule has 0 radical (unpaired) electrons. The zero-order chi connectivity index (χ0) is 23.5. The van der Waals surface area contributed by atoms with Crippen LogP contribution < -0.4 is 10.1 Å². The molecule has 5 nitrogen and oxygen atoms in total. The maximum Gasteiger partial charge on any atom is 0.416 e. The van der Waals surface area contributed by atoms with E-state index in [1.54, 1.807) is 24.3 Å². The van der Waals surface area contributed by atoms with Gasteiger partial charge in [0.25, 0.3) is 11.8 Å². The predicted molar refractivity (Wildman–Crippen MR) is 116 cm³/mol. The summed E-state index contributed by atoms with van der Waals surface area (Å²) in [5.74, 6) is -0.0820. The Kier molecular flexibility index (Phi) is 6.91. The van der Waals surface area contributed by atoms with Gasteiger partial charge < -0.3 is 10.1 Å². The molecule has 0 bridgehead atoms. The third-order valence-corrected chi connectivity index (χ3v) is 4.80. The van der Waals surface area contributed by atoms with Crippen molar-refractivity contribution in [3.63, 3.8) is 0 Å². The average Bonchev–Trinajstić information content (AvgIpc) is 2.97. The number of hydrogen-bond donors (Lipinski definition) is 1. The number of rotatable bonds is 8. The maximum absolute atomic E-state index is 13.1. The molecular weight excluding hydrogens is 421 g/mol. The number of benzene rings is 2. The number of hydrogen-bond acceptors (Lipinski definition) is 4. The van der Waals surface area contributed by atoms with Crippen LogP contribution in [-0.4, -0.2) is 29.9 Å². The summed E-state index contributed by atoms with van der Waals surface area (Å²) >= 11 is 0. The summed E-state index contributed by atoms with van der Waals surface area (Å²) in [5, 5.41) is 2.76. The summed E-state index contributed by atoms with van der Waals surface area (Å²) in [6.45, 7) is 6.63. The van der Waals surface area contributed by atoms with E-state index in [-0.39, 0.29) is 23.5 Å². The molecule has 1 heterocycles. The zero-order valence-electron chi connectivity index (χ0n) is 18.1. The minimum absolute atomic E-state index is 0.0429. The molecule has 8 heteroatoms. The molecule has 0 saturated heterocycles. The molecule has 0 unspecified atom stereocenters. The second-order valence-corrected chi connectivity index (χ2v) is 7.94. The Bertz CT molecular complexity index is 1030. The summed E-state index contributed by atoms with van der Waals surface area (Å²) < 4.78 is 44.9. The molecule has 3 rings (SSSR count). The van der Waals surface area contributed by atoms with Crippen molar-refractivity contribution >= 4 is 23.1 Å². The van der Waals surface area contributed by atoms with Crippen LogP contribution in [0.15, 0.2) is 54.2 Å². The van der Waals surface area contributed by atoms with Crippen molar-refractivity contribution in [2.75, 3.05) is 18.5 Å². The number of imide groups is 1. The SMILES string of the molecule is CCCN1C(=O)C(Nc2cccc(C(F)(F)F)c2)=C(c2ccc(OCC(C)C)cc2)C1=O. The number of alkyl halides is 3. The number of carbonyl (C=O) groups is 2. The highest BCUT2D eigenvalue weighted by Gasteiger charge is 2.39. The largest absolute Gasteiger partial charge is 0.493 e. The van der Waals surface area contributed by atoms with Gasteiger partial charge in [0.15, 0.2) is 0 Å². The van der Waals surface area contributed by atoms with Crippen molar-refractivity contribution in [1.29, 1.82) is 0 Å². The lowest BCUT2D eigenvalue weighted by Gasteiger charge is -2.14. The summed E-state index contributed by atoms with van der Waals surface area (Å²) in [4.78, 5) is 27.1. The Morgan fingerprint density at radius 3 is 2.31 bits per heavy atom. The van der Waals surface area contributed by atoms with Crippen LogP contribution in [0.5, 0.6) is 5.75 Å². The van der Waals surface area contributed by atoms with E-state index in [1.807, 2.05) is 20.8 Å². The van der Waals surface area contributed by atoms with Gasteiger partial charge in [-0.2, -0.15) is 13.2 Å². The second-order valence-electron chi connectivity index (χ2n) is 7.94. The van der Waals surface area contributed by atoms with E-state index in [0.29, 0.717) is 30.3 Å². The third-order valence-electron chi connectivity index (χ3n) is 4.80. The first-order valence-electron chi connectivity index (χ1n) is 10.4. The van der Waals surface area contributed by atoms with Crippen LogP contribution in [0.3, 0.4) is 0 Å². The second kappa shape index (κ2) is 9.46. The zero-order valence-corrected chi connectivity index (χ0v) is 18.1. The van der Waals surface area contributed by atoms with Gasteiger partial charge in [0, 0.05) is 12.2 Å². The van der Waals surface area contributed by atoms with Crippen molar-refractivity contribution in [2.24, 2.45) is 5.92 Å². The standard InChI is InChI=1S/C24H25F3N2O3/c1-4-12-29-22(30)20(16-8-10-19(11-9-16)32-14-15(2)3)21(23(29)31)28-18-7-5-6-17(13-18)24(25,26)27/h5-11,13,15,28H,4,12,14H2,1-3H3. The van der Waals surface area contributed by atoms with E-state index < -0.39 is 23.6 Å². The highest BCUT2D eigenvalue weighted by atomic mass is 19.4. The van der Waals surface area contributed by atoms with Crippen molar-refractivity contribution in [2.45, 2.75) is 33.4 Å². The molecule has 0 spiro atoms. The van der Waals surface area contributed by atoms with E-state index in [4.69, 9.17) is 4.74 Å². The van der Waals surface area contributed by atoms with E-state index in [2.05, 4.69) is 5.32 Å². The molecule has 2 aromatic carbocycles. The van der Waals surface area contributed by atoms with Crippen LogP contribution in [0, 0.1) is 5.92 Å². The van der Waals surface area contributed by atoms with E-state index in [9.17, 15) is 22.8 Å². The molecule has 1 aliphatic heterocycles. The van der Waals surface area contributed by atoms with E-state index in [1.165, 1.54) is 12.1 Å². The van der Waals surface area contributed by atoms with Gasteiger partial charge in [-0.25, -0.2) is 0 Å². The summed E-state index contributed by atoms with van der Waals surface area (Å²) in [7, 11) is 0. The number of anilines is 1. The first kappa shape index (κ1) is 23.4. The third kappa shape index (κ3) is 5.12. The van der Waals surface area contributed by atoms with Crippen LogP contribution in [-0.2, 0) is 15.8 Å². The first-order chi connectivity index (χ1) is 15.1. The molecule has 0 atom stereocenters. The summed E-state index contributed by atoms with van der Waals surface area (Å²) in [5.41, 5.74) is -0.217. The topological polar surface area (TPSA) is 58.6 Å². The van der Waals surface area contributed by atoms with Gasteiger partial charge in [0.2, 0.25) is 0 Å². The minimum atomic E-state index is -4.52. The van der Waals surface area contributed by atoms with Gasteiger partial charge in [-0.05, 0) is 48.2 Å². The Morgan fingerprint density at radius 1 is 1.03 bits per heavy atom. The Morgan fingerprint density at radius 2 is 1.72 bits per heavy atom. The number of nitrogens with one attached hydrogen (secondary N) is 1. The number of amides is 2. The summed E-state index contributed by atoms with van der Waals surface area (Å²) in [6.07, 6.45) is -3.96. The quantitative estimate of drug-likeness (QED) is 0.556. The molecule has 0 aromatic heterocycles. The molecule has 1 aliphatic rings. The predicted octanol–water partition coefficient (Wildman–Crippen LogP) is 5.34. The number of ether oxygens (including phenoxy) is 1. The molecule has 2 aromatic rings. The Hall–Kier alpha value is -3.29. The van der Waals surface area contributed by atoms with Crippen LogP contribution in [0.25, 0.3) is 5.57 Å². The molecule has 1 N–H and O–H groups in total. The van der Waals surface area contributed by atoms with Crippen LogP contribution in [0.4, 0.5) is 18.9 Å². The van der Waals surface area contributed by atoms with Gasteiger partial charge >= 0.3 is 6.18 Å². The minimum Gasteiger partial charge on any atom is -0.493 e. The lowest BCUT2D eigenvalue weighted by Crippen LogP contribution is -2.33. The number of nitrogens with zero attached hydrogens (tertiary/aromatic N) is 1. The molecular formula is C24H25F3N2O3. The normalized spacial score (nSPS) is 14.5. The van der Waals surface area contributed by atoms with E-state index in [0.717, 1.165) is 17.0 Å². The fourth-order valence-electron chi connectivity index (χ4n) is 3.28. The van der Waals surface area contributed by atoms with Crippen molar-refractivity contribution in [1.82, 2.24) is 4.90 Å². The molecule has 0 saturated carbocycles. The van der Waals surface area contributed by atoms with Crippen LogP contribution in [0.1, 0.15) is 38.3 Å². The highest BCUT2D eigenvalue weighted by Crippen LogP contribution is 2.34. The van der Waals surface area contributed by atoms with Gasteiger partial charge in [-0.15, -0.1) is 0 Å². The maximum atomic E-state index is 13.1. The lowest BCUT2D eigenvalue weighted by atomic mass is 10.0. The average molecular weight is 446 g/mol. The Labute approximate surface area is 184 Å². The van der Waals surface area contributed by atoms with Crippen molar-refractivity contribution in [3.05, 3.63) is 65.4 Å². The van der Waals surface area contributed by atoms with Gasteiger partial charge in [0.05, 0.1) is 17.7 Å². The number of halogens is 3. The molecule has 0 aliphatic carbocycles. The van der Waals surface area contributed by atoms with Crippen LogP contribution in [0.2, 0.25) is 0 Å². The fraction of sp³-hybridized carbons (Fsp3) is 0.333. The monoisotopic (exact) mass is 446 g/mol. The number of carbonyl (C=O) groups excluding carboxylic acids is 2. The fourth-order valence-corrected chi connectivity index (χ4v) is 3.28. The van der Waals surface area contributed by atoms with Gasteiger partial charge in [-0.1, -0.05) is 39.0 Å². The first-order valence-corrected chi connectivity index (χ1v) is 10.4. The van der Waals surface area contributed by atoms with E-state index >= 15 is 0 Å².